The van der Waals surface area contributed by atoms with E-state index < -0.39 is 5.41 Å². The molecule has 1 aromatic carbocycles. The van der Waals surface area contributed by atoms with Crippen molar-refractivity contribution in [2.24, 2.45) is 0 Å². The third kappa shape index (κ3) is 2.22. The molecule has 0 heterocycles. The number of ketones is 1. The molecule has 3 heteroatoms. The lowest BCUT2D eigenvalue weighted by molar-refractivity contribution is -0.121. The van der Waals surface area contributed by atoms with Crippen LogP contribution in [-0.4, -0.2) is 12.9 Å². The molecule has 0 spiro atoms. The van der Waals surface area contributed by atoms with Crippen molar-refractivity contribution in [2.45, 2.75) is 33.1 Å². The van der Waals surface area contributed by atoms with Gasteiger partial charge in [0.2, 0.25) is 0 Å². The Balaban J connectivity index is 3.48. The number of aryl methyl sites for hydroxylation is 1. The molecule has 1 rings (SSSR count). The highest BCUT2D eigenvalue weighted by molar-refractivity contribution is 6.30. The highest BCUT2D eigenvalue weighted by atomic mass is 35.5. The maximum Gasteiger partial charge on any atom is 0.139 e. The Hall–Kier alpha value is -1.02. The van der Waals surface area contributed by atoms with Gasteiger partial charge >= 0.3 is 0 Å². The standard InChI is InChI=1S/C13H17ClO2/c1-8-6-10(14)7-11(12(8)16-5)13(3,4)9(2)15/h6-7H,1-5H3. The van der Waals surface area contributed by atoms with Gasteiger partial charge in [0, 0.05) is 10.6 Å². The van der Waals surface area contributed by atoms with Gasteiger partial charge in [-0.3, -0.25) is 4.79 Å². The van der Waals surface area contributed by atoms with Crippen LogP contribution in [0.5, 0.6) is 5.75 Å². The minimum atomic E-state index is -0.582. The first-order valence-corrected chi connectivity index (χ1v) is 5.54. The number of hydrogen-bond donors (Lipinski definition) is 0. The van der Waals surface area contributed by atoms with Crippen LogP contribution in [0.2, 0.25) is 5.02 Å². The van der Waals surface area contributed by atoms with Gasteiger partial charge in [-0.25, -0.2) is 0 Å². The van der Waals surface area contributed by atoms with Crippen molar-refractivity contribution in [1.29, 1.82) is 0 Å². The average Bonchev–Trinajstić information content (AvgIpc) is 2.16. The van der Waals surface area contributed by atoms with E-state index in [2.05, 4.69) is 0 Å². The predicted octanol–water partition coefficient (Wildman–Crippen LogP) is 3.52. The summed E-state index contributed by atoms with van der Waals surface area (Å²) in [6.07, 6.45) is 0. The molecule has 88 valence electrons. The average molecular weight is 241 g/mol. The smallest absolute Gasteiger partial charge is 0.139 e. The summed E-state index contributed by atoms with van der Waals surface area (Å²) in [4.78, 5) is 11.7. The Bertz CT molecular complexity index is 422. The van der Waals surface area contributed by atoms with Crippen LogP contribution >= 0.6 is 11.6 Å². The molecule has 0 bridgehead atoms. The van der Waals surface area contributed by atoms with Gasteiger partial charge in [0.25, 0.3) is 0 Å². The first kappa shape index (κ1) is 13.0. The fourth-order valence-corrected chi connectivity index (χ4v) is 1.93. The maximum atomic E-state index is 11.7. The molecule has 0 saturated carbocycles. The van der Waals surface area contributed by atoms with Crippen LogP contribution in [0.1, 0.15) is 31.9 Å². The summed E-state index contributed by atoms with van der Waals surface area (Å²) in [6, 6.07) is 3.63. The Labute approximate surface area is 102 Å². The molecule has 0 N–H and O–H groups in total. The zero-order valence-corrected chi connectivity index (χ0v) is 11.1. The van der Waals surface area contributed by atoms with E-state index in [1.807, 2.05) is 26.8 Å². The molecule has 1 aromatic rings. The Morgan fingerprint density at radius 3 is 2.38 bits per heavy atom. The molecule has 0 aliphatic rings. The normalized spacial score (nSPS) is 11.4. The summed E-state index contributed by atoms with van der Waals surface area (Å²) in [5, 5.41) is 0.627. The van der Waals surface area contributed by atoms with Crippen molar-refractivity contribution in [3.8, 4) is 5.75 Å². The molecule has 0 aliphatic heterocycles. The highest BCUT2D eigenvalue weighted by Crippen LogP contribution is 2.36. The molecule has 0 unspecified atom stereocenters. The van der Waals surface area contributed by atoms with Crippen molar-refractivity contribution in [1.82, 2.24) is 0 Å². The number of carbonyl (C=O) groups excluding carboxylic acids is 1. The number of rotatable bonds is 3. The SMILES string of the molecule is COc1c(C)cc(Cl)cc1C(C)(C)C(C)=O. The van der Waals surface area contributed by atoms with Gasteiger partial charge in [0.1, 0.15) is 11.5 Å². The van der Waals surface area contributed by atoms with Gasteiger partial charge in [0.05, 0.1) is 12.5 Å². The van der Waals surface area contributed by atoms with Gasteiger partial charge < -0.3 is 4.74 Å². The summed E-state index contributed by atoms with van der Waals surface area (Å²) >= 11 is 6.02. The monoisotopic (exact) mass is 240 g/mol. The molecule has 0 aliphatic carbocycles. The van der Waals surface area contributed by atoms with Gasteiger partial charge in [0.15, 0.2) is 0 Å². The first-order chi connectivity index (χ1) is 7.30. The van der Waals surface area contributed by atoms with E-state index in [4.69, 9.17) is 16.3 Å². The zero-order valence-electron chi connectivity index (χ0n) is 10.3. The van der Waals surface area contributed by atoms with Crippen LogP contribution in [0.25, 0.3) is 0 Å². The van der Waals surface area contributed by atoms with Crippen molar-refractivity contribution < 1.29 is 9.53 Å². The quantitative estimate of drug-likeness (QED) is 0.808. The maximum absolute atomic E-state index is 11.7. The molecular weight excluding hydrogens is 224 g/mol. The second-order valence-electron chi connectivity index (χ2n) is 4.48. The summed E-state index contributed by atoms with van der Waals surface area (Å²) in [7, 11) is 1.61. The van der Waals surface area contributed by atoms with E-state index in [0.29, 0.717) is 5.02 Å². The molecule has 0 saturated heterocycles. The summed E-state index contributed by atoms with van der Waals surface area (Å²) in [5.41, 5.74) is 1.20. The number of hydrogen-bond acceptors (Lipinski definition) is 2. The summed E-state index contributed by atoms with van der Waals surface area (Å²) < 4.78 is 5.36. The molecule has 2 nitrogen and oxygen atoms in total. The molecule has 0 atom stereocenters. The number of halogens is 1. The molecule has 16 heavy (non-hydrogen) atoms. The first-order valence-electron chi connectivity index (χ1n) is 5.16. The van der Waals surface area contributed by atoms with Crippen molar-refractivity contribution >= 4 is 17.4 Å². The molecular formula is C13H17ClO2. The van der Waals surface area contributed by atoms with Gasteiger partial charge in [-0.05, 0) is 45.4 Å². The second kappa shape index (κ2) is 4.46. The molecule has 0 fully saturated rings. The van der Waals surface area contributed by atoms with Crippen LogP contribution in [0.3, 0.4) is 0 Å². The van der Waals surface area contributed by atoms with E-state index in [9.17, 15) is 4.79 Å². The summed E-state index contributed by atoms with van der Waals surface area (Å²) in [5.74, 6) is 0.831. The lowest BCUT2D eigenvalue weighted by Crippen LogP contribution is -2.27. The van der Waals surface area contributed by atoms with E-state index in [-0.39, 0.29) is 5.78 Å². The number of ether oxygens (including phenoxy) is 1. The third-order valence-electron chi connectivity index (χ3n) is 3.00. The zero-order chi connectivity index (χ0) is 12.5. The predicted molar refractivity (Wildman–Crippen MR) is 66.4 cm³/mol. The van der Waals surface area contributed by atoms with Crippen LogP contribution in [-0.2, 0) is 10.2 Å². The fourth-order valence-electron chi connectivity index (χ4n) is 1.65. The molecule has 0 radical (unpaired) electrons. The minimum absolute atomic E-state index is 0.0902. The van der Waals surface area contributed by atoms with Crippen LogP contribution in [0.4, 0.5) is 0 Å². The van der Waals surface area contributed by atoms with Gasteiger partial charge in [-0.2, -0.15) is 0 Å². The van der Waals surface area contributed by atoms with E-state index in [1.165, 1.54) is 0 Å². The van der Waals surface area contributed by atoms with Crippen LogP contribution in [0, 0.1) is 6.92 Å². The van der Waals surface area contributed by atoms with Crippen molar-refractivity contribution in [3.05, 3.63) is 28.3 Å². The highest BCUT2D eigenvalue weighted by Gasteiger charge is 2.30. The second-order valence-corrected chi connectivity index (χ2v) is 4.92. The Kier molecular flexibility index (Phi) is 3.64. The summed E-state index contributed by atoms with van der Waals surface area (Å²) in [6.45, 7) is 7.26. The van der Waals surface area contributed by atoms with E-state index in [0.717, 1.165) is 16.9 Å². The number of Topliss-reactive ketones (excluding diaryl/α,β-unsaturated/α-hetero) is 1. The topological polar surface area (TPSA) is 26.3 Å². The number of carbonyl (C=O) groups is 1. The fraction of sp³-hybridized carbons (Fsp3) is 0.462. The lowest BCUT2D eigenvalue weighted by atomic mass is 9.80. The van der Waals surface area contributed by atoms with Crippen LogP contribution < -0.4 is 4.74 Å². The van der Waals surface area contributed by atoms with Crippen molar-refractivity contribution in [2.75, 3.05) is 7.11 Å². The van der Waals surface area contributed by atoms with Crippen molar-refractivity contribution in [3.63, 3.8) is 0 Å². The van der Waals surface area contributed by atoms with Gasteiger partial charge in [-0.1, -0.05) is 11.6 Å². The Morgan fingerprint density at radius 1 is 1.38 bits per heavy atom. The van der Waals surface area contributed by atoms with Gasteiger partial charge in [-0.15, -0.1) is 0 Å². The molecule has 0 aromatic heterocycles. The van der Waals surface area contributed by atoms with E-state index in [1.54, 1.807) is 20.1 Å². The largest absolute Gasteiger partial charge is 0.496 e. The molecule has 0 amide bonds. The van der Waals surface area contributed by atoms with Crippen LogP contribution in [0.15, 0.2) is 12.1 Å². The lowest BCUT2D eigenvalue weighted by Gasteiger charge is -2.25. The third-order valence-corrected chi connectivity index (χ3v) is 3.22. The minimum Gasteiger partial charge on any atom is -0.496 e. The number of methoxy groups -OCH3 is 1. The van der Waals surface area contributed by atoms with E-state index >= 15 is 0 Å². The Morgan fingerprint density at radius 2 is 1.94 bits per heavy atom. The number of benzene rings is 1.